The number of carbonyl (C=O) groups is 1. The van der Waals surface area contributed by atoms with Crippen LogP contribution in [-0.4, -0.2) is 56.9 Å². The Morgan fingerprint density at radius 1 is 0.933 bits per heavy atom. The molecular weight excluding hydrogens is 631 g/mol. The third-order valence-electron chi connectivity index (χ3n) is 8.17. The van der Waals surface area contributed by atoms with Gasteiger partial charge in [-0.25, -0.2) is 26.3 Å². The zero-order valence-electron chi connectivity index (χ0n) is 24.6. The van der Waals surface area contributed by atoms with Crippen LogP contribution in [0.5, 0.6) is 0 Å². The van der Waals surface area contributed by atoms with Gasteiger partial charge in [0, 0.05) is 24.2 Å². The van der Waals surface area contributed by atoms with Gasteiger partial charge in [0.2, 0.25) is 15.9 Å². The zero-order valence-corrected chi connectivity index (χ0v) is 26.2. The SMILES string of the molecule is Cc1ccc(S(=O)(=O)O)cc1.N[C@H](Cc1cc(F)c(F)cc1F)C1C[C@H]2CC[C@@H](C1)N2C(=O)CNS(=O)(=O)Cc1ccccc1. The predicted octanol–water partition coefficient (Wildman–Crippen LogP) is 4.10. The molecule has 2 aliphatic heterocycles. The molecule has 1 unspecified atom stereocenters. The lowest BCUT2D eigenvalue weighted by atomic mass is 9.82. The van der Waals surface area contributed by atoms with E-state index in [1.807, 2.05) is 6.92 Å². The molecular formula is C31H36F3N3O6S2. The first-order chi connectivity index (χ1) is 21.1. The molecule has 4 atom stereocenters. The Kier molecular flexibility index (Phi) is 11.1. The van der Waals surface area contributed by atoms with E-state index < -0.39 is 43.6 Å². The largest absolute Gasteiger partial charge is 0.336 e. The van der Waals surface area contributed by atoms with Gasteiger partial charge in [0.1, 0.15) is 5.82 Å². The van der Waals surface area contributed by atoms with Crippen LogP contribution in [-0.2, 0) is 37.1 Å². The maximum absolute atomic E-state index is 14.0. The molecule has 4 N–H and O–H groups in total. The number of hydrogen-bond donors (Lipinski definition) is 3. The fourth-order valence-electron chi connectivity index (χ4n) is 5.93. The zero-order chi connectivity index (χ0) is 32.9. The van der Waals surface area contributed by atoms with Crippen molar-refractivity contribution in [2.24, 2.45) is 11.7 Å². The van der Waals surface area contributed by atoms with Crippen molar-refractivity contribution in [1.82, 2.24) is 9.62 Å². The van der Waals surface area contributed by atoms with Crippen molar-refractivity contribution in [2.75, 3.05) is 6.54 Å². The molecule has 0 saturated carbocycles. The van der Waals surface area contributed by atoms with Crippen LogP contribution in [0.3, 0.4) is 0 Å². The molecule has 2 heterocycles. The molecule has 0 aromatic heterocycles. The minimum Gasteiger partial charge on any atom is -0.336 e. The monoisotopic (exact) mass is 667 g/mol. The number of nitrogens with zero attached hydrogens (tertiary/aromatic N) is 1. The average molecular weight is 668 g/mol. The fraction of sp³-hybridized carbons (Fsp3) is 0.387. The van der Waals surface area contributed by atoms with Gasteiger partial charge in [0.15, 0.2) is 11.6 Å². The molecule has 1 amide bonds. The third kappa shape index (κ3) is 9.36. The van der Waals surface area contributed by atoms with E-state index in [0.29, 0.717) is 24.5 Å². The van der Waals surface area contributed by atoms with Crippen molar-refractivity contribution in [1.29, 1.82) is 0 Å². The predicted molar refractivity (Wildman–Crippen MR) is 162 cm³/mol. The molecule has 2 bridgehead atoms. The highest BCUT2D eigenvalue weighted by Gasteiger charge is 2.44. The molecule has 2 aliphatic rings. The second-order valence-corrected chi connectivity index (χ2v) is 14.7. The molecule has 14 heteroatoms. The van der Waals surface area contributed by atoms with Crippen molar-refractivity contribution in [3.05, 3.63) is 101 Å². The van der Waals surface area contributed by atoms with E-state index in [9.17, 15) is 34.8 Å². The number of piperidine rings is 1. The van der Waals surface area contributed by atoms with Gasteiger partial charge in [-0.2, -0.15) is 8.42 Å². The van der Waals surface area contributed by atoms with Crippen LogP contribution in [0, 0.1) is 30.3 Å². The molecule has 0 radical (unpaired) electrons. The van der Waals surface area contributed by atoms with Crippen LogP contribution in [0.25, 0.3) is 0 Å². The van der Waals surface area contributed by atoms with E-state index in [2.05, 4.69) is 4.72 Å². The highest BCUT2D eigenvalue weighted by atomic mass is 32.2. The van der Waals surface area contributed by atoms with Crippen molar-refractivity contribution in [3.8, 4) is 0 Å². The molecule has 0 aliphatic carbocycles. The minimum absolute atomic E-state index is 0.0103. The number of hydrogen-bond acceptors (Lipinski definition) is 6. The summed E-state index contributed by atoms with van der Waals surface area (Å²) in [6.45, 7) is 1.53. The second-order valence-electron chi connectivity index (χ2n) is 11.5. The van der Waals surface area contributed by atoms with Crippen molar-refractivity contribution in [3.63, 3.8) is 0 Å². The first kappa shape index (κ1) is 34.6. The van der Waals surface area contributed by atoms with Crippen molar-refractivity contribution < 1.29 is 39.4 Å². The van der Waals surface area contributed by atoms with E-state index in [1.165, 1.54) is 12.1 Å². The molecule has 9 nitrogen and oxygen atoms in total. The molecule has 45 heavy (non-hydrogen) atoms. The standard InChI is InChI=1S/C24H28F3N3O3S.C7H8O3S/c25-20-12-22(27)21(26)10-16(20)11-23(28)17-8-18-6-7-19(9-17)30(18)24(31)13-29-34(32,33)14-15-4-2-1-3-5-15;1-6-2-4-7(5-3-6)11(8,9)10/h1-5,10,12,17-19,23,29H,6-9,11,13-14,28H2;2-5H,1H3,(H,8,9,10)/t17?,18-,19+,23-;/m1./s1. The lowest BCUT2D eigenvalue weighted by Crippen LogP contribution is -2.52. The van der Waals surface area contributed by atoms with Crippen molar-refractivity contribution >= 4 is 26.0 Å². The van der Waals surface area contributed by atoms with E-state index in [-0.39, 0.29) is 53.1 Å². The maximum Gasteiger partial charge on any atom is 0.294 e. The van der Waals surface area contributed by atoms with Crippen LogP contribution < -0.4 is 10.5 Å². The summed E-state index contributed by atoms with van der Waals surface area (Å²) in [5.41, 5.74) is 7.94. The van der Waals surface area contributed by atoms with E-state index in [1.54, 1.807) is 47.4 Å². The number of amides is 1. The number of rotatable bonds is 9. The molecule has 2 saturated heterocycles. The van der Waals surface area contributed by atoms with Gasteiger partial charge in [-0.15, -0.1) is 0 Å². The summed E-state index contributed by atoms with van der Waals surface area (Å²) in [6.07, 6.45) is 2.85. The molecule has 5 rings (SSSR count). The lowest BCUT2D eigenvalue weighted by Gasteiger charge is -2.41. The summed E-state index contributed by atoms with van der Waals surface area (Å²) in [7, 11) is -7.68. The number of halogens is 3. The van der Waals surface area contributed by atoms with Crippen LogP contribution in [0.2, 0.25) is 0 Å². The van der Waals surface area contributed by atoms with E-state index in [0.717, 1.165) is 24.5 Å². The summed E-state index contributed by atoms with van der Waals surface area (Å²) in [6, 6.07) is 15.5. The number of nitrogens with two attached hydrogens (primary N) is 1. The normalized spacial score (nSPS) is 20.3. The number of benzene rings is 3. The minimum atomic E-state index is -4.02. The summed E-state index contributed by atoms with van der Waals surface area (Å²) in [5.74, 6) is -3.66. The molecule has 3 aromatic rings. The third-order valence-corrected chi connectivity index (χ3v) is 10.3. The van der Waals surface area contributed by atoms with Crippen LogP contribution in [0.4, 0.5) is 13.2 Å². The highest BCUT2D eigenvalue weighted by Crippen LogP contribution is 2.40. The Hall–Kier alpha value is -3.30. The Balaban J connectivity index is 0.000000354. The average Bonchev–Trinajstić information content (AvgIpc) is 3.24. The molecule has 2 fully saturated rings. The van der Waals surface area contributed by atoms with Gasteiger partial charge < -0.3 is 10.6 Å². The van der Waals surface area contributed by atoms with Crippen LogP contribution >= 0.6 is 0 Å². The van der Waals surface area contributed by atoms with Gasteiger partial charge >= 0.3 is 0 Å². The summed E-state index contributed by atoms with van der Waals surface area (Å²) >= 11 is 0. The summed E-state index contributed by atoms with van der Waals surface area (Å²) in [4.78, 5) is 14.6. The molecule has 0 spiro atoms. The smallest absolute Gasteiger partial charge is 0.294 e. The number of aryl methyl sites for hydroxylation is 1. The quantitative estimate of drug-likeness (QED) is 0.230. The summed E-state index contributed by atoms with van der Waals surface area (Å²) in [5, 5.41) is 0. The second kappa shape index (κ2) is 14.4. The number of fused-ring (bicyclic) bond motifs is 2. The maximum atomic E-state index is 14.0. The van der Waals surface area contributed by atoms with Crippen LogP contribution in [0.15, 0.2) is 71.6 Å². The first-order valence-electron chi connectivity index (χ1n) is 14.4. The van der Waals surface area contributed by atoms with Crippen LogP contribution in [0.1, 0.15) is 42.4 Å². The fourth-order valence-corrected chi connectivity index (χ4v) is 7.49. The van der Waals surface area contributed by atoms with Gasteiger partial charge in [-0.3, -0.25) is 9.35 Å². The van der Waals surface area contributed by atoms with Gasteiger partial charge in [0.05, 0.1) is 17.2 Å². The Labute approximate surface area is 261 Å². The van der Waals surface area contributed by atoms with Gasteiger partial charge in [0.25, 0.3) is 10.1 Å². The van der Waals surface area contributed by atoms with Gasteiger partial charge in [-0.05, 0) is 74.3 Å². The first-order valence-corrected chi connectivity index (χ1v) is 17.5. The Morgan fingerprint density at radius 2 is 1.51 bits per heavy atom. The van der Waals surface area contributed by atoms with Crippen molar-refractivity contribution in [2.45, 2.75) is 67.8 Å². The number of nitrogens with one attached hydrogen (secondary N) is 1. The van der Waals surface area contributed by atoms with E-state index >= 15 is 0 Å². The molecule has 244 valence electrons. The number of carbonyl (C=O) groups excluding carboxylic acids is 1. The van der Waals surface area contributed by atoms with E-state index in [4.69, 9.17) is 10.3 Å². The summed E-state index contributed by atoms with van der Waals surface area (Å²) < 4.78 is 97.5. The topological polar surface area (TPSA) is 147 Å². The number of sulfonamides is 1. The highest BCUT2D eigenvalue weighted by molar-refractivity contribution is 7.88. The Morgan fingerprint density at radius 3 is 2.09 bits per heavy atom. The lowest BCUT2D eigenvalue weighted by molar-refractivity contribution is -0.135. The van der Waals surface area contributed by atoms with Gasteiger partial charge in [-0.1, -0.05) is 48.0 Å². The Bertz CT molecular complexity index is 1690. The molecule has 3 aromatic carbocycles.